The van der Waals surface area contributed by atoms with E-state index in [9.17, 15) is 4.79 Å². The molecular weight excluding hydrogens is 364 g/mol. The summed E-state index contributed by atoms with van der Waals surface area (Å²) in [6, 6.07) is 20.4. The number of hydrogen-bond donors (Lipinski definition) is 0. The Labute approximate surface area is 163 Å². The molecule has 138 valence electrons. The van der Waals surface area contributed by atoms with Gasteiger partial charge in [0.05, 0.1) is 24.8 Å². The third-order valence-corrected chi connectivity index (χ3v) is 4.40. The van der Waals surface area contributed by atoms with Gasteiger partial charge in [0.2, 0.25) is 5.78 Å². The van der Waals surface area contributed by atoms with E-state index in [1.54, 1.807) is 31.4 Å². The van der Waals surface area contributed by atoms with Crippen LogP contribution in [-0.2, 0) is 0 Å². The van der Waals surface area contributed by atoms with Crippen LogP contribution in [-0.4, -0.2) is 26.6 Å². The molecule has 0 bridgehead atoms. The predicted octanol–water partition coefficient (Wildman–Crippen LogP) is 5.29. The first-order valence-electron chi connectivity index (χ1n) is 8.35. The van der Waals surface area contributed by atoms with Crippen LogP contribution in [0.3, 0.4) is 0 Å². The Morgan fingerprint density at radius 3 is 2.26 bits per heavy atom. The Hall–Kier alpha value is -2.98. The van der Waals surface area contributed by atoms with Crippen molar-refractivity contribution in [3.8, 4) is 28.4 Å². The molecule has 0 spiro atoms. The Morgan fingerprint density at radius 2 is 1.59 bits per heavy atom. The van der Waals surface area contributed by atoms with E-state index in [-0.39, 0.29) is 12.4 Å². The van der Waals surface area contributed by atoms with Crippen LogP contribution in [0.15, 0.2) is 66.7 Å². The van der Waals surface area contributed by atoms with Gasteiger partial charge < -0.3 is 14.2 Å². The summed E-state index contributed by atoms with van der Waals surface area (Å²) in [6.45, 7) is -0.159. The molecule has 0 amide bonds. The van der Waals surface area contributed by atoms with Crippen LogP contribution in [0.5, 0.6) is 17.2 Å². The van der Waals surface area contributed by atoms with Gasteiger partial charge in [-0.15, -0.1) is 0 Å². The highest BCUT2D eigenvalue weighted by Gasteiger charge is 2.15. The van der Waals surface area contributed by atoms with Crippen LogP contribution in [0.4, 0.5) is 0 Å². The number of Topliss-reactive ketones (excluding diaryl/α,β-unsaturated/α-hetero) is 1. The molecular formula is C22H19ClO4. The summed E-state index contributed by atoms with van der Waals surface area (Å²) < 4.78 is 16.1. The quantitative estimate of drug-likeness (QED) is 0.521. The van der Waals surface area contributed by atoms with Crippen molar-refractivity contribution in [1.29, 1.82) is 0 Å². The number of carbonyl (C=O) groups excluding carboxylic acids is 1. The first-order chi connectivity index (χ1) is 13.1. The number of ketones is 1. The summed E-state index contributed by atoms with van der Waals surface area (Å²) in [5.41, 5.74) is 2.44. The molecule has 3 aromatic carbocycles. The molecule has 5 heteroatoms. The molecule has 0 heterocycles. The summed E-state index contributed by atoms with van der Waals surface area (Å²) in [5.74, 6) is 1.26. The third-order valence-electron chi connectivity index (χ3n) is 4.10. The largest absolute Gasteiger partial charge is 0.497 e. The second-order valence-corrected chi connectivity index (χ2v) is 6.20. The normalized spacial score (nSPS) is 10.3. The molecule has 4 nitrogen and oxygen atoms in total. The van der Waals surface area contributed by atoms with Crippen LogP contribution in [0.25, 0.3) is 11.1 Å². The van der Waals surface area contributed by atoms with Gasteiger partial charge in [-0.05, 0) is 41.5 Å². The second-order valence-electron chi connectivity index (χ2n) is 5.79. The Bertz CT molecular complexity index is 938. The molecule has 0 radical (unpaired) electrons. The van der Waals surface area contributed by atoms with Crippen molar-refractivity contribution in [2.24, 2.45) is 0 Å². The highest BCUT2D eigenvalue weighted by molar-refractivity contribution is 6.32. The van der Waals surface area contributed by atoms with E-state index in [1.807, 2.05) is 42.5 Å². The molecule has 0 aromatic heterocycles. The van der Waals surface area contributed by atoms with Crippen molar-refractivity contribution >= 4 is 17.4 Å². The van der Waals surface area contributed by atoms with Gasteiger partial charge >= 0.3 is 0 Å². The van der Waals surface area contributed by atoms with Gasteiger partial charge in [0, 0.05) is 0 Å². The molecule has 0 aliphatic heterocycles. The molecule has 0 aliphatic rings. The molecule has 0 N–H and O–H groups in total. The lowest BCUT2D eigenvalue weighted by atomic mass is 10.1. The average Bonchev–Trinajstić information content (AvgIpc) is 2.72. The minimum atomic E-state index is -0.228. The van der Waals surface area contributed by atoms with Gasteiger partial charge in [-0.1, -0.05) is 48.0 Å². The average molecular weight is 383 g/mol. The maximum Gasteiger partial charge on any atom is 0.204 e. The number of ether oxygens (including phenoxy) is 3. The zero-order chi connectivity index (χ0) is 19.2. The van der Waals surface area contributed by atoms with Crippen LogP contribution < -0.4 is 14.2 Å². The number of rotatable bonds is 7. The SMILES string of the molecule is COc1ccc(OC)c(C(=O)COc2ccc(-c3ccccc3)cc2Cl)c1. The lowest BCUT2D eigenvalue weighted by molar-refractivity contribution is 0.0918. The lowest BCUT2D eigenvalue weighted by Crippen LogP contribution is -2.13. The second kappa shape index (κ2) is 8.60. The maximum atomic E-state index is 12.6. The number of halogens is 1. The summed E-state index contributed by atoms with van der Waals surface area (Å²) in [5, 5.41) is 0.446. The van der Waals surface area contributed by atoms with E-state index in [2.05, 4.69) is 0 Å². The molecule has 27 heavy (non-hydrogen) atoms. The minimum absolute atomic E-state index is 0.159. The smallest absolute Gasteiger partial charge is 0.204 e. The van der Waals surface area contributed by atoms with Crippen molar-refractivity contribution < 1.29 is 19.0 Å². The molecule has 0 atom stereocenters. The Balaban J connectivity index is 1.74. The van der Waals surface area contributed by atoms with E-state index in [1.165, 1.54) is 7.11 Å². The topological polar surface area (TPSA) is 44.8 Å². The monoisotopic (exact) mass is 382 g/mol. The van der Waals surface area contributed by atoms with E-state index in [0.29, 0.717) is 27.8 Å². The van der Waals surface area contributed by atoms with Gasteiger partial charge in [0.25, 0.3) is 0 Å². The van der Waals surface area contributed by atoms with E-state index >= 15 is 0 Å². The van der Waals surface area contributed by atoms with Gasteiger partial charge in [-0.25, -0.2) is 0 Å². The van der Waals surface area contributed by atoms with E-state index in [4.69, 9.17) is 25.8 Å². The molecule has 0 aliphatic carbocycles. The van der Waals surface area contributed by atoms with Gasteiger partial charge in [-0.3, -0.25) is 4.79 Å². The highest BCUT2D eigenvalue weighted by atomic mass is 35.5. The van der Waals surface area contributed by atoms with Crippen LogP contribution in [0, 0.1) is 0 Å². The summed E-state index contributed by atoms with van der Waals surface area (Å²) >= 11 is 6.33. The number of methoxy groups -OCH3 is 2. The Kier molecular flexibility index (Phi) is 5.99. The zero-order valence-corrected chi connectivity index (χ0v) is 15.8. The number of carbonyl (C=O) groups is 1. The zero-order valence-electron chi connectivity index (χ0n) is 15.1. The Morgan fingerprint density at radius 1 is 0.852 bits per heavy atom. The van der Waals surface area contributed by atoms with Crippen LogP contribution in [0.1, 0.15) is 10.4 Å². The number of benzene rings is 3. The van der Waals surface area contributed by atoms with Crippen molar-refractivity contribution in [2.75, 3.05) is 20.8 Å². The number of hydrogen-bond acceptors (Lipinski definition) is 4. The molecule has 0 saturated heterocycles. The third kappa shape index (κ3) is 4.41. The van der Waals surface area contributed by atoms with Crippen molar-refractivity contribution in [3.05, 3.63) is 77.3 Å². The molecule has 0 unspecified atom stereocenters. The molecule has 3 aromatic rings. The fraction of sp³-hybridized carbons (Fsp3) is 0.136. The predicted molar refractivity (Wildman–Crippen MR) is 106 cm³/mol. The van der Waals surface area contributed by atoms with Gasteiger partial charge in [-0.2, -0.15) is 0 Å². The van der Waals surface area contributed by atoms with Crippen LogP contribution >= 0.6 is 11.6 Å². The fourth-order valence-electron chi connectivity index (χ4n) is 2.68. The summed E-state index contributed by atoms with van der Waals surface area (Å²) in [4.78, 5) is 12.6. The highest BCUT2D eigenvalue weighted by Crippen LogP contribution is 2.31. The minimum Gasteiger partial charge on any atom is -0.497 e. The molecule has 0 fully saturated rings. The van der Waals surface area contributed by atoms with Crippen molar-refractivity contribution in [3.63, 3.8) is 0 Å². The molecule has 0 saturated carbocycles. The summed E-state index contributed by atoms with van der Waals surface area (Å²) in [6.07, 6.45) is 0. The first-order valence-corrected chi connectivity index (χ1v) is 8.73. The first kappa shape index (κ1) is 18.8. The molecule has 3 rings (SSSR count). The van der Waals surface area contributed by atoms with E-state index < -0.39 is 0 Å². The van der Waals surface area contributed by atoms with Gasteiger partial charge in [0.15, 0.2) is 6.61 Å². The van der Waals surface area contributed by atoms with Crippen molar-refractivity contribution in [1.82, 2.24) is 0 Å². The summed E-state index contributed by atoms with van der Waals surface area (Å²) in [7, 11) is 3.05. The van der Waals surface area contributed by atoms with Crippen molar-refractivity contribution in [2.45, 2.75) is 0 Å². The van der Waals surface area contributed by atoms with Crippen LogP contribution in [0.2, 0.25) is 5.02 Å². The standard InChI is InChI=1S/C22H19ClO4/c1-25-17-9-11-21(26-2)18(13-17)20(24)14-27-22-10-8-16(12-19(22)23)15-6-4-3-5-7-15/h3-13H,14H2,1-2H3. The lowest BCUT2D eigenvalue weighted by Gasteiger charge is -2.12. The maximum absolute atomic E-state index is 12.6. The van der Waals surface area contributed by atoms with E-state index in [0.717, 1.165) is 11.1 Å². The van der Waals surface area contributed by atoms with Gasteiger partial charge in [0.1, 0.15) is 17.2 Å². The fourth-order valence-corrected chi connectivity index (χ4v) is 2.92.